The number of likely N-dealkylation sites (N-methyl/N-ethyl adjacent to an activating group) is 1. The SMILES string of the molecule is CCNC(=O)CNC(C)c1ccc2[nH]c(=O)[nH]c2c1. The van der Waals surface area contributed by atoms with Crippen LogP contribution in [0.4, 0.5) is 0 Å². The van der Waals surface area contributed by atoms with Gasteiger partial charge in [-0.15, -0.1) is 0 Å². The number of carbonyl (C=O) groups is 1. The van der Waals surface area contributed by atoms with Crippen molar-refractivity contribution in [3.63, 3.8) is 0 Å². The Bertz CT molecular complexity index is 629. The Kier molecular flexibility index (Phi) is 4.01. The summed E-state index contributed by atoms with van der Waals surface area (Å²) in [7, 11) is 0. The summed E-state index contributed by atoms with van der Waals surface area (Å²) in [5.41, 5.74) is 2.36. The summed E-state index contributed by atoms with van der Waals surface area (Å²) in [6.07, 6.45) is 0. The third kappa shape index (κ3) is 3.23. The number of fused-ring (bicyclic) bond motifs is 1. The molecule has 1 aromatic heterocycles. The van der Waals surface area contributed by atoms with Gasteiger partial charge in [0.1, 0.15) is 0 Å². The van der Waals surface area contributed by atoms with Crippen LogP contribution in [0.3, 0.4) is 0 Å². The Morgan fingerprint density at radius 2 is 2.05 bits per heavy atom. The van der Waals surface area contributed by atoms with Crippen molar-refractivity contribution in [3.05, 3.63) is 34.2 Å². The van der Waals surface area contributed by atoms with Crippen LogP contribution in [0.25, 0.3) is 11.0 Å². The van der Waals surface area contributed by atoms with Gasteiger partial charge in [-0.2, -0.15) is 0 Å². The number of imidazole rings is 1. The Labute approximate surface area is 110 Å². The van der Waals surface area contributed by atoms with Gasteiger partial charge in [0.15, 0.2) is 0 Å². The molecule has 1 aromatic carbocycles. The van der Waals surface area contributed by atoms with E-state index in [9.17, 15) is 9.59 Å². The summed E-state index contributed by atoms with van der Waals surface area (Å²) in [5, 5.41) is 5.87. The van der Waals surface area contributed by atoms with E-state index in [-0.39, 0.29) is 24.2 Å². The van der Waals surface area contributed by atoms with E-state index in [1.807, 2.05) is 32.0 Å². The Hall–Kier alpha value is -2.08. The molecule has 1 heterocycles. The van der Waals surface area contributed by atoms with Crippen molar-refractivity contribution >= 4 is 16.9 Å². The number of hydrogen-bond donors (Lipinski definition) is 4. The van der Waals surface area contributed by atoms with E-state index < -0.39 is 0 Å². The number of aromatic amines is 2. The largest absolute Gasteiger partial charge is 0.355 e. The Morgan fingerprint density at radius 3 is 2.79 bits per heavy atom. The van der Waals surface area contributed by atoms with Gasteiger partial charge in [-0.3, -0.25) is 4.79 Å². The first kappa shape index (κ1) is 13.4. The van der Waals surface area contributed by atoms with Crippen molar-refractivity contribution < 1.29 is 4.79 Å². The monoisotopic (exact) mass is 262 g/mol. The molecule has 6 heteroatoms. The molecule has 0 radical (unpaired) electrons. The lowest BCUT2D eigenvalue weighted by atomic mass is 10.1. The molecule has 0 spiro atoms. The molecule has 0 fully saturated rings. The van der Waals surface area contributed by atoms with E-state index >= 15 is 0 Å². The van der Waals surface area contributed by atoms with Gasteiger partial charge in [0.25, 0.3) is 0 Å². The van der Waals surface area contributed by atoms with Crippen LogP contribution < -0.4 is 16.3 Å². The van der Waals surface area contributed by atoms with Crippen molar-refractivity contribution in [1.29, 1.82) is 0 Å². The minimum Gasteiger partial charge on any atom is -0.355 e. The van der Waals surface area contributed by atoms with Crippen LogP contribution >= 0.6 is 0 Å². The van der Waals surface area contributed by atoms with E-state index in [1.165, 1.54) is 0 Å². The smallest absolute Gasteiger partial charge is 0.323 e. The molecule has 102 valence electrons. The molecule has 0 saturated carbocycles. The van der Waals surface area contributed by atoms with Crippen LogP contribution in [0.15, 0.2) is 23.0 Å². The van der Waals surface area contributed by atoms with E-state index in [1.54, 1.807) is 0 Å². The maximum Gasteiger partial charge on any atom is 0.323 e. The number of H-pyrrole nitrogens is 2. The summed E-state index contributed by atoms with van der Waals surface area (Å²) in [5.74, 6) is -0.0227. The fraction of sp³-hybridized carbons (Fsp3) is 0.385. The molecule has 2 rings (SSSR count). The second kappa shape index (κ2) is 5.71. The number of benzene rings is 1. The van der Waals surface area contributed by atoms with Crippen LogP contribution in [0.1, 0.15) is 25.5 Å². The van der Waals surface area contributed by atoms with Crippen LogP contribution in [-0.2, 0) is 4.79 Å². The molecule has 0 aliphatic carbocycles. The lowest BCUT2D eigenvalue weighted by Crippen LogP contribution is -2.34. The quantitative estimate of drug-likeness (QED) is 0.637. The number of aromatic nitrogens is 2. The first-order chi connectivity index (χ1) is 9.10. The highest BCUT2D eigenvalue weighted by atomic mass is 16.2. The van der Waals surface area contributed by atoms with Gasteiger partial charge in [0.05, 0.1) is 17.6 Å². The summed E-state index contributed by atoms with van der Waals surface area (Å²) in [4.78, 5) is 28.0. The molecular formula is C13H18N4O2. The highest BCUT2D eigenvalue weighted by molar-refractivity contribution is 5.78. The number of rotatable bonds is 5. The van der Waals surface area contributed by atoms with Crippen molar-refractivity contribution in [2.75, 3.05) is 13.1 Å². The van der Waals surface area contributed by atoms with Gasteiger partial charge < -0.3 is 20.6 Å². The lowest BCUT2D eigenvalue weighted by molar-refractivity contribution is -0.120. The lowest BCUT2D eigenvalue weighted by Gasteiger charge is -2.14. The van der Waals surface area contributed by atoms with Crippen LogP contribution in [0.2, 0.25) is 0 Å². The number of carbonyl (C=O) groups excluding carboxylic acids is 1. The summed E-state index contributed by atoms with van der Waals surface area (Å²) in [6.45, 7) is 4.77. The number of hydrogen-bond acceptors (Lipinski definition) is 3. The first-order valence-electron chi connectivity index (χ1n) is 6.32. The molecule has 19 heavy (non-hydrogen) atoms. The predicted molar refractivity (Wildman–Crippen MR) is 74.0 cm³/mol. The van der Waals surface area contributed by atoms with Gasteiger partial charge >= 0.3 is 5.69 Å². The second-order valence-corrected chi connectivity index (χ2v) is 4.44. The van der Waals surface area contributed by atoms with E-state index in [0.717, 1.165) is 16.6 Å². The third-order valence-corrected chi connectivity index (χ3v) is 2.98. The van der Waals surface area contributed by atoms with Crippen molar-refractivity contribution in [2.45, 2.75) is 19.9 Å². The average molecular weight is 262 g/mol. The molecule has 1 atom stereocenters. The van der Waals surface area contributed by atoms with Gasteiger partial charge in [-0.05, 0) is 31.5 Å². The minimum atomic E-state index is -0.213. The summed E-state index contributed by atoms with van der Waals surface area (Å²) >= 11 is 0. The fourth-order valence-electron chi connectivity index (χ4n) is 1.94. The van der Waals surface area contributed by atoms with Crippen molar-refractivity contribution in [2.24, 2.45) is 0 Å². The fourth-order valence-corrected chi connectivity index (χ4v) is 1.94. The van der Waals surface area contributed by atoms with Gasteiger partial charge in [0, 0.05) is 12.6 Å². The molecule has 2 aromatic rings. The normalized spacial score (nSPS) is 12.5. The number of nitrogens with one attached hydrogen (secondary N) is 4. The Morgan fingerprint density at radius 1 is 1.32 bits per heavy atom. The zero-order chi connectivity index (χ0) is 13.8. The minimum absolute atomic E-state index is 0.0227. The van der Waals surface area contributed by atoms with E-state index in [0.29, 0.717) is 6.54 Å². The van der Waals surface area contributed by atoms with Crippen LogP contribution in [0, 0.1) is 0 Å². The van der Waals surface area contributed by atoms with Gasteiger partial charge in [0.2, 0.25) is 5.91 Å². The van der Waals surface area contributed by atoms with Crippen molar-refractivity contribution in [1.82, 2.24) is 20.6 Å². The molecule has 4 N–H and O–H groups in total. The third-order valence-electron chi connectivity index (χ3n) is 2.98. The highest BCUT2D eigenvalue weighted by Crippen LogP contribution is 2.16. The molecule has 0 saturated heterocycles. The van der Waals surface area contributed by atoms with Crippen LogP contribution in [-0.4, -0.2) is 29.0 Å². The maximum atomic E-state index is 11.4. The molecule has 0 bridgehead atoms. The van der Waals surface area contributed by atoms with E-state index in [4.69, 9.17) is 0 Å². The molecule has 1 amide bonds. The molecule has 0 aliphatic rings. The maximum absolute atomic E-state index is 11.4. The Balaban J connectivity index is 2.06. The number of amides is 1. The van der Waals surface area contributed by atoms with Gasteiger partial charge in [-0.1, -0.05) is 6.07 Å². The van der Waals surface area contributed by atoms with Gasteiger partial charge in [-0.25, -0.2) is 4.79 Å². The standard InChI is InChI=1S/C13H18N4O2/c1-3-14-12(18)7-15-8(2)9-4-5-10-11(6-9)17-13(19)16-10/h4-6,8,15H,3,7H2,1-2H3,(H,14,18)(H2,16,17,19). The zero-order valence-corrected chi connectivity index (χ0v) is 11.0. The molecule has 1 unspecified atom stereocenters. The zero-order valence-electron chi connectivity index (χ0n) is 11.0. The molecule has 0 aliphatic heterocycles. The average Bonchev–Trinajstić information content (AvgIpc) is 2.75. The second-order valence-electron chi connectivity index (χ2n) is 4.44. The molecule has 6 nitrogen and oxygen atoms in total. The predicted octanol–water partition coefficient (Wildman–Crippen LogP) is 0.643. The highest BCUT2D eigenvalue weighted by Gasteiger charge is 2.08. The first-order valence-corrected chi connectivity index (χ1v) is 6.32. The molecular weight excluding hydrogens is 244 g/mol. The summed E-state index contributed by atoms with van der Waals surface area (Å²) in [6, 6.07) is 5.72. The van der Waals surface area contributed by atoms with Crippen LogP contribution in [0.5, 0.6) is 0 Å². The van der Waals surface area contributed by atoms with Crippen molar-refractivity contribution in [3.8, 4) is 0 Å². The summed E-state index contributed by atoms with van der Waals surface area (Å²) < 4.78 is 0. The topological polar surface area (TPSA) is 89.8 Å². The van der Waals surface area contributed by atoms with E-state index in [2.05, 4.69) is 20.6 Å².